The van der Waals surface area contributed by atoms with E-state index in [2.05, 4.69) is 53.0 Å². The van der Waals surface area contributed by atoms with Crippen LogP contribution in [0, 0.1) is 0 Å². The fraction of sp³-hybridized carbons (Fsp3) is 0.682. The van der Waals surface area contributed by atoms with Gasteiger partial charge >= 0.3 is 0 Å². The van der Waals surface area contributed by atoms with E-state index in [4.69, 9.17) is 14.5 Å². The van der Waals surface area contributed by atoms with Gasteiger partial charge in [0.05, 0.1) is 19.8 Å². The summed E-state index contributed by atoms with van der Waals surface area (Å²) in [4.78, 5) is 7.36. The van der Waals surface area contributed by atoms with Crippen molar-refractivity contribution in [1.82, 2.24) is 15.5 Å². The third-order valence-corrected chi connectivity index (χ3v) is 7.20. The average molecular weight is 549 g/mol. The molecule has 0 atom stereocenters. The van der Waals surface area contributed by atoms with E-state index in [0.29, 0.717) is 6.54 Å². The number of morpholine rings is 1. The average Bonchev–Trinajstić information content (AvgIpc) is 2.78. The highest BCUT2D eigenvalue weighted by atomic mass is 127. The molecule has 2 aliphatic heterocycles. The molecule has 8 heteroatoms. The van der Waals surface area contributed by atoms with E-state index in [9.17, 15) is 0 Å². The summed E-state index contributed by atoms with van der Waals surface area (Å²) in [5.74, 6) is 0.897. The van der Waals surface area contributed by atoms with Crippen LogP contribution in [-0.4, -0.2) is 74.5 Å². The van der Waals surface area contributed by atoms with E-state index in [0.717, 1.165) is 78.0 Å². The van der Waals surface area contributed by atoms with E-state index in [-0.39, 0.29) is 28.7 Å². The standard InChI is InChI=1S/C22H36N4O2S.HI/c1-3-23-21(25-18-22(29-2)8-12-27-13-9-22)24-16-19-6-4-5-7-20(19)17-26-10-14-28-15-11-26;/h4-7H,3,8-18H2,1-2H3,(H2,23,24,25);1H. The molecule has 6 nitrogen and oxygen atoms in total. The van der Waals surface area contributed by atoms with Gasteiger partial charge in [-0.15, -0.1) is 24.0 Å². The topological polar surface area (TPSA) is 58.1 Å². The lowest BCUT2D eigenvalue weighted by atomic mass is 9.99. The van der Waals surface area contributed by atoms with Crippen LogP contribution in [0.5, 0.6) is 0 Å². The monoisotopic (exact) mass is 548 g/mol. The van der Waals surface area contributed by atoms with E-state index in [1.165, 1.54) is 11.1 Å². The first-order valence-electron chi connectivity index (χ1n) is 10.8. The molecule has 2 aliphatic rings. The summed E-state index contributed by atoms with van der Waals surface area (Å²) in [6.07, 6.45) is 4.38. The van der Waals surface area contributed by atoms with E-state index in [1.54, 1.807) is 0 Å². The van der Waals surface area contributed by atoms with Crippen molar-refractivity contribution in [1.29, 1.82) is 0 Å². The quantitative estimate of drug-likeness (QED) is 0.296. The van der Waals surface area contributed by atoms with Crippen molar-refractivity contribution >= 4 is 41.7 Å². The molecule has 0 bridgehead atoms. The maximum atomic E-state index is 5.56. The first-order valence-corrected chi connectivity index (χ1v) is 12.0. The van der Waals surface area contributed by atoms with Gasteiger partial charge in [0.15, 0.2) is 5.96 Å². The smallest absolute Gasteiger partial charge is 0.191 e. The Labute approximate surface area is 203 Å². The molecule has 0 spiro atoms. The summed E-state index contributed by atoms with van der Waals surface area (Å²) in [6, 6.07) is 8.66. The molecule has 1 aromatic rings. The molecule has 3 rings (SSSR count). The number of hydrogen-bond acceptors (Lipinski definition) is 5. The third kappa shape index (κ3) is 7.85. The van der Waals surface area contributed by atoms with Gasteiger partial charge in [0, 0.05) is 50.7 Å². The zero-order valence-corrected chi connectivity index (χ0v) is 21.5. The van der Waals surface area contributed by atoms with Crippen LogP contribution in [0.25, 0.3) is 0 Å². The first-order chi connectivity index (χ1) is 14.2. The van der Waals surface area contributed by atoms with Crippen LogP contribution in [0.2, 0.25) is 0 Å². The van der Waals surface area contributed by atoms with Crippen LogP contribution in [0.1, 0.15) is 30.9 Å². The number of rotatable bonds is 8. The van der Waals surface area contributed by atoms with Crippen LogP contribution < -0.4 is 10.6 Å². The van der Waals surface area contributed by atoms with Crippen LogP contribution in [0.15, 0.2) is 29.3 Å². The Balaban J connectivity index is 0.00000320. The Morgan fingerprint density at radius 3 is 2.40 bits per heavy atom. The van der Waals surface area contributed by atoms with Crippen molar-refractivity contribution in [2.45, 2.75) is 37.6 Å². The highest BCUT2D eigenvalue weighted by Gasteiger charge is 2.31. The number of thioether (sulfide) groups is 1. The Morgan fingerprint density at radius 2 is 1.73 bits per heavy atom. The first kappa shape index (κ1) is 25.7. The van der Waals surface area contributed by atoms with Crippen LogP contribution in [-0.2, 0) is 22.6 Å². The molecular weight excluding hydrogens is 511 g/mol. The highest BCUT2D eigenvalue weighted by Crippen LogP contribution is 2.32. The molecule has 0 amide bonds. The summed E-state index contributed by atoms with van der Waals surface area (Å²) in [7, 11) is 0. The van der Waals surface area contributed by atoms with Gasteiger partial charge in [0.1, 0.15) is 0 Å². The van der Waals surface area contributed by atoms with Crippen LogP contribution in [0.4, 0.5) is 0 Å². The molecule has 2 heterocycles. The number of guanidine groups is 1. The summed E-state index contributed by atoms with van der Waals surface area (Å²) in [5.41, 5.74) is 2.65. The number of benzene rings is 1. The molecule has 0 aliphatic carbocycles. The van der Waals surface area contributed by atoms with Gasteiger partial charge in [-0.1, -0.05) is 24.3 Å². The fourth-order valence-corrected chi connectivity index (χ4v) is 4.60. The molecule has 170 valence electrons. The Morgan fingerprint density at radius 1 is 1.07 bits per heavy atom. The molecule has 1 aromatic carbocycles. The minimum atomic E-state index is 0. The summed E-state index contributed by atoms with van der Waals surface area (Å²) in [6.45, 7) is 10.9. The largest absolute Gasteiger partial charge is 0.381 e. The molecule has 0 aromatic heterocycles. The molecule has 0 saturated carbocycles. The maximum absolute atomic E-state index is 5.56. The van der Waals surface area contributed by atoms with Crippen LogP contribution in [0.3, 0.4) is 0 Å². The lowest BCUT2D eigenvalue weighted by Gasteiger charge is -2.36. The lowest BCUT2D eigenvalue weighted by Crippen LogP contribution is -2.47. The van der Waals surface area contributed by atoms with Gasteiger partial charge in [-0.2, -0.15) is 11.8 Å². The second-order valence-corrected chi connectivity index (χ2v) is 8.98. The van der Waals surface area contributed by atoms with Crippen molar-refractivity contribution in [3.63, 3.8) is 0 Å². The van der Waals surface area contributed by atoms with E-state index < -0.39 is 0 Å². The normalized spacial score (nSPS) is 19.7. The second-order valence-electron chi connectivity index (χ2n) is 7.71. The third-order valence-electron chi connectivity index (χ3n) is 5.78. The highest BCUT2D eigenvalue weighted by molar-refractivity contribution is 14.0. The number of aliphatic imine (C=N–C) groups is 1. The summed E-state index contributed by atoms with van der Waals surface area (Å²) < 4.78 is 11.3. The Kier molecular flexibility index (Phi) is 11.8. The van der Waals surface area contributed by atoms with Crippen molar-refractivity contribution < 1.29 is 9.47 Å². The Bertz CT molecular complexity index is 650. The van der Waals surface area contributed by atoms with Gasteiger partial charge in [-0.05, 0) is 37.1 Å². The molecule has 0 radical (unpaired) electrons. The number of hydrogen-bond donors (Lipinski definition) is 2. The predicted octanol–water partition coefficient (Wildman–Crippen LogP) is 3.10. The molecule has 2 saturated heterocycles. The molecule has 30 heavy (non-hydrogen) atoms. The fourth-order valence-electron chi connectivity index (χ4n) is 3.81. The van der Waals surface area contributed by atoms with Crippen molar-refractivity contribution in [2.75, 3.05) is 58.9 Å². The lowest BCUT2D eigenvalue weighted by molar-refractivity contribution is 0.0341. The van der Waals surface area contributed by atoms with Gasteiger partial charge in [0.25, 0.3) is 0 Å². The van der Waals surface area contributed by atoms with Gasteiger partial charge in [-0.3, -0.25) is 4.90 Å². The minimum Gasteiger partial charge on any atom is -0.381 e. The summed E-state index contributed by atoms with van der Waals surface area (Å²) in [5, 5.41) is 6.99. The van der Waals surface area contributed by atoms with Crippen molar-refractivity contribution in [3.05, 3.63) is 35.4 Å². The van der Waals surface area contributed by atoms with Gasteiger partial charge < -0.3 is 20.1 Å². The van der Waals surface area contributed by atoms with Gasteiger partial charge in [0.2, 0.25) is 0 Å². The minimum absolute atomic E-state index is 0. The van der Waals surface area contributed by atoms with Crippen molar-refractivity contribution in [3.8, 4) is 0 Å². The zero-order valence-electron chi connectivity index (χ0n) is 18.3. The van der Waals surface area contributed by atoms with Crippen molar-refractivity contribution in [2.24, 2.45) is 4.99 Å². The predicted molar refractivity (Wildman–Crippen MR) is 137 cm³/mol. The van der Waals surface area contributed by atoms with E-state index in [1.807, 2.05) is 11.8 Å². The number of halogens is 1. The summed E-state index contributed by atoms with van der Waals surface area (Å²) >= 11 is 1.95. The molecule has 2 fully saturated rings. The van der Waals surface area contributed by atoms with Gasteiger partial charge in [-0.25, -0.2) is 4.99 Å². The molecule has 2 N–H and O–H groups in total. The zero-order chi connectivity index (χ0) is 20.4. The molecular formula is C22H37IN4O2S. The SMILES string of the molecule is CCNC(=NCc1ccccc1CN1CCOCC1)NCC1(SC)CCOCC1.I. The van der Waals surface area contributed by atoms with E-state index >= 15 is 0 Å². The number of nitrogens with one attached hydrogen (secondary N) is 2. The Hall–Kier alpha value is -0.550. The van der Waals surface area contributed by atoms with Crippen LogP contribution >= 0.6 is 35.7 Å². The second kappa shape index (κ2) is 13.8. The maximum Gasteiger partial charge on any atom is 0.191 e. The molecule has 0 unspecified atom stereocenters. The number of nitrogens with zero attached hydrogens (tertiary/aromatic N) is 2. The number of ether oxygens (including phenoxy) is 2.